The van der Waals surface area contributed by atoms with Crippen LogP contribution in [0.25, 0.3) is 0 Å². The van der Waals surface area contributed by atoms with Gasteiger partial charge >= 0.3 is 5.97 Å². The number of carboxylic acid groups (broad SMARTS) is 1. The summed E-state index contributed by atoms with van der Waals surface area (Å²) in [5.41, 5.74) is 5.15. The predicted molar refractivity (Wildman–Crippen MR) is 38.6 cm³/mol. The van der Waals surface area contributed by atoms with Crippen LogP contribution in [0.5, 0.6) is 0 Å². The molecule has 0 heterocycles. The number of rotatable bonds is 4. The standard InChI is InChI=1S/C5H11NO2S/c1-9-3-2-4(6)5(7)8/h4H,2-3,6H2,1H3,(H,7,8)/i1+1D3. The zero-order valence-corrected chi connectivity index (χ0v) is 5.65. The fourth-order valence-corrected chi connectivity index (χ4v) is 0.681. The number of hydrogen-bond donors (Lipinski definition) is 2. The molecule has 0 aromatic heterocycles. The highest BCUT2D eigenvalue weighted by atomic mass is 32.2. The van der Waals surface area contributed by atoms with Crippen LogP contribution in [0.1, 0.15) is 10.5 Å². The average Bonchev–Trinajstić information content (AvgIpc) is 1.84. The van der Waals surface area contributed by atoms with E-state index >= 15 is 0 Å². The Morgan fingerprint density at radius 2 is 2.78 bits per heavy atom. The number of nitrogens with two attached hydrogens (primary N) is 1. The van der Waals surface area contributed by atoms with Crippen molar-refractivity contribution in [3.05, 3.63) is 0 Å². The van der Waals surface area contributed by atoms with Crippen LogP contribution < -0.4 is 5.73 Å². The molecule has 4 heteroatoms. The van der Waals surface area contributed by atoms with E-state index in [9.17, 15) is 4.79 Å². The van der Waals surface area contributed by atoms with Crippen molar-refractivity contribution in [2.45, 2.75) is 12.5 Å². The van der Waals surface area contributed by atoms with E-state index in [1.54, 1.807) is 0 Å². The molecule has 1 unspecified atom stereocenters. The molecule has 0 aliphatic carbocycles. The van der Waals surface area contributed by atoms with E-state index in [-0.39, 0.29) is 12.2 Å². The summed E-state index contributed by atoms with van der Waals surface area (Å²) < 4.78 is 20.4. The van der Waals surface area contributed by atoms with E-state index in [1.165, 1.54) is 0 Å². The second kappa shape index (κ2) is 4.64. The van der Waals surface area contributed by atoms with E-state index in [0.29, 0.717) is 0 Å². The third-order valence-electron chi connectivity index (χ3n) is 0.848. The molecule has 3 N–H and O–H groups in total. The predicted octanol–water partition coefficient (Wildman–Crippen LogP) is 0.151. The van der Waals surface area contributed by atoms with E-state index in [0.717, 1.165) is 11.8 Å². The van der Waals surface area contributed by atoms with Crippen LogP contribution in [0.3, 0.4) is 0 Å². The minimum absolute atomic E-state index is 0.179. The zero-order chi connectivity index (χ0) is 9.78. The number of carbonyl (C=O) groups is 1. The molecule has 0 aromatic rings. The molecule has 9 heavy (non-hydrogen) atoms. The van der Waals surface area contributed by atoms with E-state index in [4.69, 9.17) is 15.0 Å². The van der Waals surface area contributed by atoms with Gasteiger partial charge in [-0.25, -0.2) is 0 Å². The van der Waals surface area contributed by atoms with Crippen LogP contribution >= 0.6 is 11.8 Å². The molecule has 1 atom stereocenters. The molecule has 0 aliphatic rings. The van der Waals surface area contributed by atoms with Crippen molar-refractivity contribution in [1.82, 2.24) is 0 Å². The maximum absolute atomic E-state index is 10.2. The smallest absolute Gasteiger partial charge is 0.320 e. The summed E-state index contributed by atoms with van der Waals surface area (Å²) in [6.07, 6.45) is -1.88. The van der Waals surface area contributed by atoms with Crippen molar-refractivity contribution in [3.63, 3.8) is 0 Å². The Kier molecular flexibility index (Phi) is 2.36. The Morgan fingerprint density at radius 3 is 3.22 bits per heavy atom. The lowest BCUT2D eigenvalue weighted by Crippen LogP contribution is -2.30. The molecular weight excluding hydrogens is 139 g/mol. The molecule has 0 aromatic carbocycles. The van der Waals surface area contributed by atoms with Crippen molar-refractivity contribution in [2.24, 2.45) is 5.73 Å². The second-order valence-electron chi connectivity index (χ2n) is 1.58. The van der Waals surface area contributed by atoms with Crippen molar-refractivity contribution >= 4 is 17.7 Å². The van der Waals surface area contributed by atoms with Gasteiger partial charge in [0.25, 0.3) is 0 Å². The van der Waals surface area contributed by atoms with Gasteiger partial charge in [-0.15, -0.1) is 0 Å². The fraction of sp³-hybridized carbons (Fsp3) is 0.800. The molecule has 0 aliphatic heterocycles. The normalized spacial score (nSPS) is 19.4. The molecule has 54 valence electrons. The largest absolute Gasteiger partial charge is 0.480 e. The summed E-state index contributed by atoms with van der Waals surface area (Å²) in [5.74, 6) is -0.856. The van der Waals surface area contributed by atoms with Crippen molar-refractivity contribution in [1.29, 1.82) is 0 Å². The SMILES string of the molecule is [2H][13C]([2H])([2H])SCCC(N)C(=O)O. The fourth-order valence-electron chi connectivity index (χ4n) is 0.309. The minimum atomic E-state index is -2.06. The first-order chi connectivity index (χ1) is 5.33. The number of aliphatic carboxylic acids is 1. The van der Waals surface area contributed by atoms with Gasteiger partial charge in [0.05, 0.1) is 0 Å². The van der Waals surface area contributed by atoms with Gasteiger partial charge < -0.3 is 10.8 Å². The third-order valence-corrected chi connectivity index (χ3v) is 1.29. The highest BCUT2D eigenvalue weighted by Crippen LogP contribution is 1.97. The highest BCUT2D eigenvalue weighted by Gasteiger charge is 2.08. The Morgan fingerprint density at radius 1 is 2.11 bits per heavy atom. The highest BCUT2D eigenvalue weighted by molar-refractivity contribution is 7.98. The maximum Gasteiger partial charge on any atom is 0.320 e. The molecule has 0 spiro atoms. The average molecular weight is 153 g/mol. The molecule has 0 bridgehead atoms. The van der Waals surface area contributed by atoms with Gasteiger partial charge in [0.1, 0.15) is 6.04 Å². The van der Waals surface area contributed by atoms with Crippen LogP contribution in [0.15, 0.2) is 0 Å². The van der Waals surface area contributed by atoms with Crippen LogP contribution in [-0.2, 0) is 4.79 Å². The molecule has 0 fully saturated rings. The van der Waals surface area contributed by atoms with Gasteiger partial charge in [-0.1, -0.05) is 0 Å². The minimum Gasteiger partial charge on any atom is -0.480 e. The first-order valence-electron chi connectivity index (χ1n) is 3.95. The van der Waals surface area contributed by atoms with Crippen molar-refractivity contribution in [3.8, 4) is 0 Å². The Balaban J connectivity index is 3.51. The van der Waals surface area contributed by atoms with Crippen LogP contribution in [-0.4, -0.2) is 29.1 Å². The molecular formula is C5H11NO2S. The number of hydrogen-bond acceptors (Lipinski definition) is 3. The van der Waals surface area contributed by atoms with Gasteiger partial charge in [0.2, 0.25) is 0 Å². The lowest BCUT2D eigenvalue weighted by molar-refractivity contribution is -0.138. The van der Waals surface area contributed by atoms with Gasteiger partial charge in [-0.3, -0.25) is 4.79 Å². The Bertz CT molecular complexity index is 161. The summed E-state index contributed by atoms with van der Waals surface area (Å²) >= 11 is 0.736. The lowest BCUT2D eigenvalue weighted by Gasteiger charge is -2.02. The molecule has 0 saturated heterocycles. The van der Waals surface area contributed by atoms with Gasteiger partial charge in [-0.05, 0) is 18.4 Å². The van der Waals surface area contributed by atoms with Crippen LogP contribution in [0.2, 0.25) is 0 Å². The zero-order valence-electron chi connectivity index (χ0n) is 7.83. The molecule has 0 radical (unpaired) electrons. The van der Waals surface area contributed by atoms with Crippen molar-refractivity contribution < 1.29 is 14.0 Å². The van der Waals surface area contributed by atoms with E-state index in [2.05, 4.69) is 0 Å². The van der Waals surface area contributed by atoms with E-state index < -0.39 is 18.2 Å². The topological polar surface area (TPSA) is 63.3 Å². The second-order valence-corrected chi connectivity index (χ2v) is 2.28. The Hall–Kier alpha value is -0.220. The van der Waals surface area contributed by atoms with Gasteiger partial charge in [0.15, 0.2) is 0 Å². The van der Waals surface area contributed by atoms with Gasteiger partial charge in [0, 0.05) is 4.11 Å². The third kappa shape index (κ3) is 4.29. The lowest BCUT2D eigenvalue weighted by atomic mass is 10.2. The van der Waals surface area contributed by atoms with E-state index in [1.807, 2.05) is 0 Å². The molecule has 0 rings (SSSR count). The Labute approximate surface area is 62.8 Å². The summed E-state index contributed by atoms with van der Waals surface area (Å²) in [6, 6.07) is -0.958. The van der Waals surface area contributed by atoms with Gasteiger partial charge in [-0.2, -0.15) is 11.8 Å². The summed E-state index contributed by atoms with van der Waals surface area (Å²) in [6.45, 7) is 0. The summed E-state index contributed by atoms with van der Waals surface area (Å²) in [4.78, 5) is 10.2. The number of carboxylic acids is 1. The number of thioether (sulfide) groups is 1. The summed E-state index contributed by atoms with van der Waals surface area (Å²) in [5, 5.41) is 8.34. The quantitative estimate of drug-likeness (QED) is 0.564. The van der Waals surface area contributed by atoms with Crippen LogP contribution in [0.4, 0.5) is 0 Å². The molecule has 0 saturated carbocycles. The first-order valence-corrected chi connectivity index (χ1v) is 3.44. The molecule has 3 nitrogen and oxygen atoms in total. The molecule has 0 amide bonds. The monoisotopic (exact) mass is 153 g/mol. The first kappa shape index (κ1) is 4.57. The van der Waals surface area contributed by atoms with Crippen LogP contribution in [0, 0.1) is 0 Å². The maximum atomic E-state index is 10.2. The van der Waals surface area contributed by atoms with Crippen molar-refractivity contribution in [2.75, 3.05) is 11.9 Å². The summed E-state index contributed by atoms with van der Waals surface area (Å²) in [7, 11) is 0.